The molecule has 0 unspecified atom stereocenters. The van der Waals surface area contributed by atoms with Crippen LogP contribution < -0.4 is 4.74 Å². The smallest absolute Gasteiger partial charge is 0.405 e. The second-order valence-corrected chi connectivity index (χ2v) is 3.82. The van der Waals surface area contributed by atoms with Gasteiger partial charge in [-0.2, -0.15) is 0 Å². The average molecular weight is 315 g/mol. The van der Waals surface area contributed by atoms with E-state index in [0.717, 1.165) is 18.2 Å². The molecule has 0 atom stereocenters. The van der Waals surface area contributed by atoms with Crippen molar-refractivity contribution < 1.29 is 27.1 Å². The molecular weight excluding hydrogens is 308 g/mol. The molecule has 94 valence electrons. The van der Waals surface area contributed by atoms with Gasteiger partial charge in [0.1, 0.15) is 11.6 Å². The Labute approximate surface area is 103 Å². The van der Waals surface area contributed by atoms with Crippen molar-refractivity contribution >= 4 is 21.7 Å². The van der Waals surface area contributed by atoms with Gasteiger partial charge in [0.25, 0.3) is 0 Å². The first-order valence-electron chi connectivity index (χ1n) is 4.48. The fraction of sp³-hybridized carbons (Fsp3) is 0.300. The standard InChI is InChI=1S/C10H7BrF4O2/c11-5-4-7(16)9-6(12)2-1-3-8(9)17-10(13,14)15/h1-3H,4-5H2. The van der Waals surface area contributed by atoms with Crippen LogP contribution in [0.2, 0.25) is 0 Å². The third-order valence-corrected chi connectivity index (χ3v) is 2.20. The molecule has 7 heteroatoms. The molecule has 0 bridgehead atoms. The topological polar surface area (TPSA) is 26.3 Å². The van der Waals surface area contributed by atoms with Crippen LogP contribution in [0.15, 0.2) is 18.2 Å². The van der Waals surface area contributed by atoms with E-state index in [-0.39, 0.29) is 11.8 Å². The van der Waals surface area contributed by atoms with Gasteiger partial charge < -0.3 is 4.74 Å². The molecule has 0 saturated carbocycles. The Balaban J connectivity index is 3.13. The largest absolute Gasteiger partial charge is 0.573 e. The van der Waals surface area contributed by atoms with Crippen LogP contribution in [0.1, 0.15) is 16.8 Å². The van der Waals surface area contributed by atoms with Crippen molar-refractivity contribution in [1.29, 1.82) is 0 Å². The zero-order valence-electron chi connectivity index (χ0n) is 8.35. The first-order valence-corrected chi connectivity index (χ1v) is 5.60. The highest BCUT2D eigenvalue weighted by atomic mass is 79.9. The van der Waals surface area contributed by atoms with E-state index in [1.54, 1.807) is 0 Å². The van der Waals surface area contributed by atoms with Gasteiger partial charge in [-0.05, 0) is 12.1 Å². The summed E-state index contributed by atoms with van der Waals surface area (Å²) < 4.78 is 53.0. The minimum absolute atomic E-state index is 0.116. The molecule has 17 heavy (non-hydrogen) atoms. The average Bonchev–Trinajstić information content (AvgIpc) is 2.15. The third kappa shape index (κ3) is 3.99. The summed E-state index contributed by atoms with van der Waals surface area (Å²) in [6.45, 7) is 0. The lowest BCUT2D eigenvalue weighted by Crippen LogP contribution is -2.19. The Morgan fingerprint density at radius 1 is 1.35 bits per heavy atom. The number of halogens is 5. The van der Waals surface area contributed by atoms with Gasteiger partial charge in [0.15, 0.2) is 5.78 Å². The van der Waals surface area contributed by atoms with Crippen molar-refractivity contribution in [2.45, 2.75) is 12.8 Å². The fourth-order valence-corrected chi connectivity index (χ4v) is 1.56. The summed E-state index contributed by atoms with van der Waals surface area (Å²) in [7, 11) is 0. The van der Waals surface area contributed by atoms with Crippen molar-refractivity contribution in [3.8, 4) is 5.75 Å². The summed E-state index contributed by atoms with van der Waals surface area (Å²) in [5.41, 5.74) is -0.677. The van der Waals surface area contributed by atoms with E-state index in [9.17, 15) is 22.4 Å². The van der Waals surface area contributed by atoms with Crippen molar-refractivity contribution in [2.75, 3.05) is 5.33 Å². The van der Waals surface area contributed by atoms with Gasteiger partial charge in [-0.3, -0.25) is 4.79 Å². The Morgan fingerprint density at radius 2 is 2.00 bits per heavy atom. The molecule has 0 radical (unpaired) electrons. The summed E-state index contributed by atoms with van der Waals surface area (Å²) in [5, 5.41) is 0.228. The van der Waals surface area contributed by atoms with Crippen LogP contribution in [0.3, 0.4) is 0 Å². The van der Waals surface area contributed by atoms with Crippen molar-refractivity contribution in [3.05, 3.63) is 29.6 Å². The van der Waals surface area contributed by atoms with Crippen LogP contribution in [0.4, 0.5) is 17.6 Å². The van der Waals surface area contributed by atoms with Gasteiger partial charge in [0, 0.05) is 11.8 Å². The van der Waals surface area contributed by atoms with Gasteiger partial charge in [0.2, 0.25) is 0 Å². The lowest BCUT2D eigenvalue weighted by atomic mass is 10.1. The predicted octanol–water partition coefficient (Wildman–Crippen LogP) is 3.69. The van der Waals surface area contributed by atoms with Gasteiger partial charge in [-0.15, -0.1) is 13.2 Å². The van der Waals surface area contributed by atoms with E-state index in [4.69, 9.17) is 0 Å². The van der Waals surface area contributed by atoms with Gasteiger partial charge in [-0.25, -0.2) is 4.39 Å². The van der Waals surface area contributed by atoms with Crippen molar-refractivity contribution in [3.63, 3.8) is 0 Å². The van der Waals surface area contributed by atoms with Crippen LogP contribution in [0, 0.1) is 5.82 Å². The van der Waals surface area contributed by atoms with Gasteiger partial charge >= 0.3 is 6.36 Å². The van der Waals surface area contributed by atoms with Gasteiger partial charge in [0.05, 0.1) is 5.56 Å². The molecule has 0 heterocycles. The quantitative estimate of drug-likeness (QED) is 0.481. The van der Waals surface area contributed by atoms with E-state index in [0.29, 0.717) is 0 Å². The third-order valence-electron chi connectivity index (χ3n) is 1.80. The summed E-state index contributed by atoms with van der Waals surface area (Å²) in [4.78, 5) is 11.5. The normalized spacial score (nSPS) is 11.4. The lowest BCUT2D eigenvalue weighted by Gasteiger charge is -2.12. The number of hydrogen-bond donors (Lipinski definition) is 0. The number of Topliss-reactive ketones (excluding diaryl/α,β-unsaturated/α-hetero) is 1. The first-order chi connectivity index (χ1) is 7.85. The number of carbonyl (C=O) groups is 1. The minimum atomic E-state index is -4.96. The maximum atomic E-state index is 13.3. The van der Waals surface area contributed by atoms with E-state index < -0.39 is 29.3 Å². The van der Waals surface area contributed by atoms with Crippen LogP contribution in [-0.4, -0.2) is 17.5 Å². The van der Waals surface area contributed by atoms with Crippen LogP contribution in [0.25, 0.3) is 0 Å². The van der Waals surface area contributed by atoms with E-state index >= 15 is 0 Å². The molecule has 2 nitrogen and oxygen atoms in total. The molecule has 0 aliphatic rings. The summed E-state index contributed by atoms with van der Waals surface area (Å²) >= 11 is 2.95. The maximum absolute atomic E-state index is 13.3. The molecule has 0 aliphatic carbocycles. The van der Waals surface area contributed by atoms with Gasteiger partial charge in [-0.1, -0.05) is 22.0 Å². The maximum Gasteiger partial charge on any atom is 0.573 e. The Morgan fingerprint density at radius 3 is 2.53 bits per heavy atom. The van der Waals surface area contributed by atoms with Crippen LogP contribution in [0.5, 0.6) is 5.75 Å². The molecule has 1 aromatic carbocycles. The van der Waals surface area contributed by atoms with Crippen LogP contribution in [-0.2, 0) is 0 Å². The lowest BCUT2D eigenvalue weighted by molar-refractivity contribution is -0.274. The molecule has 1 rings (SSSR count). The number of benzene rings is 1. The Hall–Kier alpha value is -1.11. The highest BCUT2D eigenvalue weighted by Crippen LogP contribution is 2.29. The van der Waals surface area contributed by atoms with E-state index in [1.165, 1.54) is 0 Å². The zero-order chi connectivity index (χ0) is 13.1. The molecule has 0 aliphatic heterocycles. The number of carbonyl (C=O) groups excluding carboxylic acids is 1. The molecule has 0 N–H and O–H groups in total. The second kappa shape index (κ2) is 5.48. The number of ketones is 1. The van der Waals surface area contributed by atoms with Crippen LogP contribution >= 0.6 is 15.9 Å². The molecular formula is C10H7BrF4O2. The summed E-state index contributed by atoms with van der Waals surface area (Å²) in [5.74, 6) is -2.60. The fourth-order valence-electron chi connectivity index (χ4n) is 1.20. The summed E-state index contributed by atoms with van der Waals surface area (Å²) in [6.07, 6.45) is -5.08. The molecule has 0 amide bonds. The highest BCUT2D eigenvalue weighted by molar-refractivity contribution is 9.09. The monoisotopic (exact) mass is 314 g/mol. The van der Waals surface area contributed by atoms with E-state index in [2.05, 4.69) is 20.7 Å². The number of ether oxygens (including phenoxy) is 1. The SMILES string of the molecule is O=C(CCBr)c1c(F)cccc1OC(F)(F)F. The van der Waals surface area contributed by atoms with E-state index in [1.807, 2.05) is 0 Å². The molecule has 0 fully saturated rings. The molecule has 0 spiro atoms. The zero-order valence-corrected chi connectivity index (χ0v) is 9.94. The number of hydrogen-bond acceptors (Lipinski definition) is 2. The second-order valence-electron chi connectivity index (χ2n) is 3.02. The first kappa shape index (κ1) is 14.0. The van der Waals surface area contributed by atoms with Crippen molar-refractivity contribution in [2.24, 2.45) is 0 Å². The molecule has 1 aromatic rings. The Bertz CT molecular complexity index is 417. The number of rotatable bonds is 4. The van der Waals surface area contributed by atoms with Crippen molar-refractivity contribution in [1.82, 2.24) is 0 Å². The summed E-state index contributed by atoms with van der Waals surface area (Å²) in [6, 6.07) is 2.85. The minimum Gasteiger partial charge on any atom is -0.405 e. The molecule has 0 saturated heterocycles. The highest BCUT2D eigenvalue weighted by Gasteiger charge is 2.33. The predicted molar refractivity (Wildman–Crippen MR) is 55.8 cm³/mol. The Kier molecular flexibility index (Phi) is 4.50. The number of alkyl halides is 4. The molecule has 0 aromatic heterocycles.